The highest BCUT2D eigenvalue weighted by molar-refractivity contribution is 5.82. The van der Waals surface area contributed by atoms with E-state index in [0.29, 0.717) is 13.2 Å². The summed E-state index contributed by atoms with van der Waals surface area (Å²) in [7, 11) is 0. The first kappa shape index (κ1) is 15.8. The summed E-state index contributed by atoms with van der Waals surface area (Å²) in [5.41, 5.74) is 7.89. The third-order valence-electron chi connectivity index (χ3n) is 4.16. The molecular weight excluding hydrogens is 264 g/mol. The molecule has 1 aliphatic rings. The monoisotopic (exact) mass is 290 g/mol. The molecule has 1 saturated carbocycles. The molecule has 1 aromatic rings. The molecule has 1 unspecified atom stereocenters. The number of carbonyl (C=O) groups excluding carboxylic acids is 1. The first-order valence-electron chi connectivity index (χ1n) is 7.79. The van der Waals surface area contributed by atoms with Gasteiger partial charge in [0.25, 0.3) is 0 Å². The van der Waals surface area contributed by atoms with Gasteiger partial charge >= 0.3 is 5.97 Å². The van der Waals surface area contributed by atoms with Crippen LogP contribution in [0.2, 0.25) is 0 Å². The van der Waals surface area contributed by atoms with Crippen LogP contribution in [0.5, 0.6) is 0 Å². The van der Waals surface area contributed by atoms with Gasteiger partial charge in [0.15, 0.2) is 0 Å². The van der Waals surface area contributed by atoms with Gasteiger partial charge in [-0.05, 0) is 57.2 Å². The molecule has 0 bridgehead atoms. The second-order valence-corrected chi connectivity index (χ2v) is 5.89. The van der Waals surface area contributed by atoms with Gasteiger partial charge < -0.3 is 15.4 Å². The van der Waals surface area contributed by atoms with Gasteiger partial charge in [-0.1, -0.05) is 12.1 Å². The van der Waals surface area contributed by atoms with Crippen molar-refractivity contribution in [1.29, 1.82) is 0 Å². The lowest BCUT2D eigenvalue weighted by molar-refractivity contribution is -0.150. The van der Waals surface area contributed by atoms with Crippen LogP contribution < -0.4 is 10.6 Å². The van der Waals surface area contributed by atoms with E-state index in [0.717, 1.165) is 25.1 Å². The maximum absolute atomic E-state index is 12.3. The van der Waals surface area contributed by atoms with Crippen molar-refractivity contribution < 1.29 is 9.53 Å². The Kier molecular flexibility index (Phi) is 4.88. The quantitative estimate of drug-likeness (QED) is 0.784. The van der Waals surface area contributed by atoms with E-state index in [9.17, 15) is 4.79 Å². The molecule has 1 fully saturated rings. The Morgan fingerprint density at radius 2 is 2.14 bits per heavy atom. The van der Waals surface area contributed by atoms with Gasteiger partial charge in [-0.25, -0.2) is 4.79 Å². The predicted octanol–water partition coefficient (Wildman–Crippen LogP) is 2.49. The molecule has 0 spiro atoms. The fraction of sp³-hybridized carbons (Fsp3) is 0.588. The molecule has 2 rings (SSSR count). The fourth-order valence-electron chi connectivity index (χ4n) is 2.75. The van der Waals surface area contributed by atoms with Crippen LogP contribution in [0.1, 0.15) is 32.3 Å². The molecule has 0 aliphatic heterocycles. The molecule has 21 heavy (non-hydrogen) atoms. The van der Waals surface area contributed by atoms with Gasteiger partial charge in [-0.15, -0.1) is 0 Å². The van der Waals surface area contributed by atoms with Crippen molar-refractivity contribution >= 4 is 11.7 Å². The van der Waals surface area contributed by atoms with E-state index in [2.05, 4.69) is 36.9 Å². The van der Waals surface area contributed by atoms with E-state index in [4.69, 9.17) is 10.5 Å². The number of aryl methyl sites for hydroxylation is 1. The largest absolute Gasteiger partial charge is 0.465 e. The average Bonchev–Trinajstić information content (AvgIpc) is 3.29. The van der Waals surface area contributed by atoms with Crippen LogP contribution in [0.3, 0.4) is 0 Å². The number of hydrogen-bond acceptors (Lipinski definition) is 4. The number of nitrogens with zero attached hydrogens (tertiary/aromatic N) is 1. The highest BCUT2D eigenvalue weighted by Crippen LogP contribution is 2.40. The molecule has 1 aromatic carbocycles. The lowest BCUT2D eigenvalue weighted by Crippen LogP contribution is -2.58. The Morgan fingerprint density at radius 3 is 2.67 bits per heavy atom. The third-order valence-corrected chi connectivity index (χ3v) is 4.16. The topological polar surface area (TPSA) is 55.6 Å². The second kappa shape index (κ2) is 6.48. The van der Waals surface area contributed by atoms with Crippen LogP contribution in [0.25, 0.3) is 0 Å². The second-order valence-electron chi connectivity index (χ2n) is 5.89. The standard InChI is InChI=1S/C17H26N2O2/c1-4-19(15-8-6-7-13(3)11-15)12-17(18,14-9-10-14)16(20)21-5-2/h6-8,11,14H,4-5,9-10,12,18H2,1-3H3. The minimum absolute atomic E-state index is 0.246. The smallest absolute Gasteiger partial charge is 0.328 e. The third kappa shape index (κ3) is 3.56. The van der Waals surface area contributed by atoms with Crippen LogP contribution >= 0.6 is 0 Å². The molecule has 0 aromatic heterocycles. The number of carbonyl (C=O) groups is 1. The summed E-state index contributed by atoms with van der Waals surface area (Å²) >= 11 is 0. The minimum atomic E-state index is -0.893. The maximum Gasteiger partial charge on any atom is 0.328 e. The molecule has 0 heterocycles. The minimum Gasteiger partial charge on any atom is -0.465 e. The summed E-state index contributed by atoms with van der Waals surface area (Å²) in [6.45, 7) is 7.68. The molecule has 4 heteroatoms. The maximum atomic E-state index is 12.3. The number of anilines is 1. The molecule has 4 nitrogen and oxygen atoms in total. The summed E-state index contributed by atoms with van der Waals surface area (Å²) < 4.78 is 5.22. The van der Waals surface area contributed by atoms with Gasteiger partial charge in [0.1, 0.15) is 5.54 Å². The number of rotatable bonds is 7. The predicted molar refractivity (Wildman–Crippen MR) is 85.3 cm³/mol. The van der Waals surface area contributed by atoms with Gasteiger partial charge in [-0.2, -0.15) is 0 Å². The zero-order valence-electron chi connectivity index (χ0n) is 13.3. The number of benzene rings is 1. The molecule has 116 valence electrons. The van der Waals surface area contributed by atoms with Crippen LogP contribution in [0.4, 0.5) is 5.69 Å². The van der Waals surface area contributed by atoms with Crippen molar-refractivity contribution in [3.63, 3.8) is 0 Å². The van der Waals surface area contributed by atoms with E-state index < -0.39 is 5.54 Å². The molecule has 0 radical (unpaired) electrons. The highest BCUT2D eigenvalue weighted by atomic mass is 16.5. The summed E-state index contributed by atoms with van der Waals surface area (Å²) in [6, 6.07) is 8.29. The molecular formula is C17H26N2O2. The first-order valence-corrected chi connectivity index (χ1v) is 7.79. The van der Waals surface area contributed by atoms with Gasteiger partial charge in [-0.3, -0.25) is 0 Å². The van der Waals surface area contributed by atoms with E-state index in [1.807, 2.05) is 13.0 Å². The van der Waals surface area contributed by atoms with Gasteiger partial charge in [0.05, 0.1) is 6.61 Å². The van der Waals surface area contributed by atoms with Crippen molar-refractivity contribution in [3.05, 3.63) is 29.8 Å². The van der Waals surface area contributed by atoms with Gasteiger partial charge in [0.2, 0.25) is 0 Å². The lowest BCUT2D eigenvalue weighted by atomic mass is 9.93. The molecule has 1 atom stereocenters. The number of hydrogen-bond donors (Lipinski definition) is 1. The molecule has 2 N–H and O–H groups in total. The van der Waals surface area contributed by atoms with Crippen LogP contribution in [0, 0.1) is 12.8 Å². The van der Waals surface area contributed by atoms with Crippen LogP contribution in [-0.4, -0.2) is 31.2 Å². The van der Waals surface area contributed by atoms with Crippen molar-refractivity contribution in [1.82, 2.24) is 0 Å². The van der Waals surface area contributed by atoms with Crippen LogP contribution in [-0.2, 0) is 9.53 Å². The average molecular weight is 290 g/mol. The summed E-state index contributed by atoms with van der Waals surface area (Å²) in [6.07, 6.45) is 2.03. The van der Waals surface area contributed by atoms with E-state index in [-0.39, 0.29) is 11.9 Å². The Balaban J connectivity index is 2.20. The van der Waals surface area contributed by atoms with E-state index in [1.165, 1.54) is 5.56 Å². The van der Waals surface area contributed by atoms with Crippen molar-refractivity contribution in [2.75, 3.05) is 24.6 Å². The van der Waals surface area contributed by atoms with Gasteiger partial charge in [0, 0.05) is 18.8 Å². The Morgan fingerprint density at radius 1 is 1.43 bits per heavy atom. The summed E-state index contributed by atoms with van der Waals surface area (Å²) in [5.74, 6) is -0.0194. The highest BCUT2D eigenvalue weighted by Gasteiger charge is 2.50. The number of esters is 1. The Bertz CT molecular complexity index is 499. The zero-order valence-corrected chi connectivity index (χ0v) is 13.3. The number of ether oxygens (including phenoxy) is 1. The molecule has 0 amide bonds. The SMILES string of the molecule is CCOC(=O)C(N)(CN(CC)c1cccc(C)c1)C1CC1. The fourth-order valence-corrected chi connectivity index (χ4v) is 2.75. The van der Waals surface area contributed by atoms with E-state index in [1.54, 1.807) is 0 Å². The number of nitrogens with two attached hydrogens (primary N) is 1. The summed E-state index contributed by atoms with van der Waals surface area (Å²) in [5, 5.41) is 0. The molecule has 1 aliphatic carbocycles. The number of likely N-dealkylation sites (N-methyl/N-ethyl adjacent to an activating group) is 1. The van der Waals surface area contributed by atoms with Crippen molar-refractivity contribution in [2.24, 2.45) is 11.7 Å². The Hall–Kier alpha value is -1.55. The first-order chi connectivity index (χ1) is 10.0. The van der Waals surface area contributed by atoms with Crippen molar-refractivity contribution in [2.45, 2.75) is 39.2 Å². The molecule has 0 saturated heterocycles. The van der Waals surface area contributed by atoms with Crippen molar-refractivity contribution in [3.8, 4) is 0 Å². The lowest BCUT2D eigenvalue weighted by Gasteiger charge is -2.34. The normalized spacial score (nSPS) is 17.1. The van der Waals surface area contributed by atoms with Crippen LogP contribution in [0.15, 0.2) is 24.3 Å². The Labute approximate surface area is 127 Å². The summed E-state index contributed by atoms with van der Waals surface area (Å²) in [4.78, 5) is 14.5. The van der Waals surface area contributed by atoms with E-state index >= 15 is 0 Å². The zero-order chi connectivity index (χ0) is 15.5.